The van der Waals surface area contributed by atoms with E-state index < -0.39 is 12.0 Å². The minimum absolute atomic E-state index is 0.139. The summed E-state index contributed by atoms with van der Waals surface area (Å²) in [5.74, 6) is -0.464. The Morgan fingerprint density at radius 1 is 1.73 bits per heavy atom. The fourth-order valence-electron chi connectivity index (χ4n) is 1.26. The summed E-state index contributed by atoms with van der Waals surface area (Å²) < 4.78 is 3.86. The number of rotatable bonds is 4. The maximum absolute atomic E-state index is 11.1. The van der Waals surface area contributed by atoms with E-state index in [9.17, 15) is 9.90 Å². The second kappa shape index (κ2) is 4.45. The van der Waals surface area contributed by atoms with Gasteiger partial charge in [-0.3, -0.25) is 4.79 Å². The summed E-state index contributed by atoms with van der Waals surface area (Å²) in [5, 5.41) is 9.80. The van der Waals surface area contributed by atoms with Crippen molar-refractivity contribution in [2.45, 2.75) is 13.0 Å². The molecule has 0 aliphatic rings. The SMILES string of the molecule is CC(O)CN(C)c1snc(N)c1C(N)=O. The fraction of sp³-hybridized carbons (Fsp3) is 0.500. The number of amides is 1. The van der Waals surface area contributed by atoms with Crippen LogP contribution in [-0.4, -0.2) is 35.1 Å². The van der Waals surface area contributed by atoms with Crippen molar-refractivity contribution in [1.82, 2.24) is 4.37 Å². The number of nitrogens with two attached hydrogens (primary N) is 2. The van der Waals surface area contributed by atoms with E-state index in [2.05, 4.69) is 4.37 Å². The molecule has 1 amide bonds. The molecule has 84 valence electrons. The molecule has 0 aliphatic heterocycles. The maximum atomic E-state index is 11.1. The third kappa shape index (κ3) is 2.57. The van der Waals surface area contributed by atoms with Crippen LogP contribution in [0.1, 0.15) is 17.3 Å². The quantitative estimate of drug-likeness (QED) is 0.655. The average molecular weight is 230 g/mol. The predicted octanol–water partition coefficient (Wildman–Crippen LogP) is -0.359. The maximum Gasteiger partial charge on any atom is 0.255 e. The number of anilines is 2. The van der Waals surface area contributed by atoms with Crippen molar-refractivity contribution in [3.63, 3.8) is 0 Å². The summed E-state index contributed by atoms with van der Waals surface area (Å²) in [5.41, 5.74) is 10.9. The number of carbonyl (C=O) groups excluding carboxylic acids is 1. The number of aromatic nitrogens is 1. The number of nitrogen functional groups attached to an aromatic ring is 1. The number of nitrogens with zero attached hydrogens (tertiary/aromatic N) is 2. The Labute approximate surface area is 91.7 Å². The van der Waals surface area contributed by atoms with Crippen molar-refractivity contribution in [2.24, 2.45) is 5.73 Å². The molecule has 6 nitrogen and oxygen atoms in total. The molecule has 0 saturated heterocycles. The van der Waals surface area contributed by atoms with Crippen LogP contribution in [0.4, 0.5) is 10.8 Å². The van der Waals surface area contributed by atoms with Gasteiger partial charge in [-0.25, -0.2) is 0 Å². The zero-order chi connectivity index (χ0) is 11.6. The lowest BCUT2D eigenvalue weighted by molar-refractivity contribution is 0.100. The Hall–Kier alpha value is -1.34. The Bertz CT molecular complexity index is 364. The van der Waals surface area contributed by atoms with Crippen LogP contribution in [0.25, 0.3) is 0 Å². The lowest BCUT2D eigenvalue weighted by Crippen LogP contribution is -2.28. The number of primary amides is 1. The van der Waals surface area contributed by atoms with Crippen molar-refractivity contribution in [3.8, 4) is 0 Å². The van der Waals surface area contributed by atoms with Crippen LogP contribution in [0.2, 0.25) is 0 Å². The van der Waals surface area contributed by atoms with Gasteiger partial charge in [-0.05, 0) is 18.5 Å². The van der Waals surface area contributed by atoms with E-state index in [-0.39, 0.29) is 11.4 Å². The first kappa shape index (κ1) is 11.7. The second-order valence-electron chi connectivity index (χ2n) is 3.34. The largest absolute Gasteiger partial charge is 0.392 e. The number of hydrogen-bond donors (Lipinski definition) is 3. The van der Waals surface area contributed by atoms with Crippen LogP contribution in [0.3, 0.4) is 0 Å². The summed E-state index contributed by atoms with van der Waals surface area (Å²) in [6.45, 7) is 2.05. The fourth-order valence-corrected chi connectivity index (χ4v) is 2.05. The van der Waals surface area contributed by atoms with Crippen molar-refractivity contribution in [2.75, 3.05) is 24.2 Å². The van der Waals surface area contributed by atoms with Gasteiger partial charge >= 0.3 is 0 Å². The van der Waals surface area contributed by atoms with E-state index in [0.717, 1.165) is 11.5 Å². The number of aliphatic hydroxyl groups excluding tert-OH is 1. The molecule has 15 heavy (non-hydrogen) atoms. The lowest BCUT2D eigenvalue weighted by atomic mass is 10.3. The normalized spacial score (nSPS) is 12.5. The highest BCUT2D eigenvalue weighted by Gasteiger charge is 2.20. The van der Waals surface area contributed by atoms with Gasteiger partial charge in [0.2, 0.25) is 0 Å². The Balaban J connectivity index is 2.98. The number of aliphatic hydroxyl groups is 1. The molecule has 1 unspecified atom stereocenters. The molecule has 1 rings (SSSR count). The van der Waals surface area contributed by atoms with Crippen molar-refractivity contribution in [3.05, 3.63) is 5.56 Å². The highest BCUT2D eigenvalue weighted by atomic mass is 32.1. The van der Waals surface area contributed by atoms with Gasteiger partial charge in [-0.2, -0.15) is 4.37 Å². The zero-order valence-electron chi connectivity index (χ0n) is 8.60. The first-order valence-corrected chi connectivity index (χ1v) is 5.15. The minimum atomic E-state index is -0.603. The Kier molecular flexibility index (Phi) is 3.48. The molecule has 7 heteroatoms. The molecule has 0 aromatic carbocycles. The van der Waals surface area contributed by atoms with Crippen LogP contribution >= 0.6 is 11.5 Å². The molecule has 0 bridgehead atoms. The van der Waals surface area contributed by atoms with E-state index >= 15 is 0 Å². The molecular formula is C8H14N4O2S. The molecule has 1 atom stereocenters. The van der Waals surface area contributed by atoms with E-state index in [0.29, 0.717) is 11.5 Å². The molecule has 0 saturated carbocycles. The molecule has 0 aliphatic carbocycles. The van der Waals surface area contributed by atoms with Gasteiger partial charge in [0.15, 0.2) is 5.82 Å². The predicted molar refractivity (Wildman–Crippen MR) is 60.0 cm³/mol. The minimum Gasteiger partial charge on any atom is -0.392 e. The molecule has 1 aromatic heterocycles. The molecule has 0 spiro atoms. The Morgan fingerprint density at radius 2 is 2.33 bits per heavy atom. The molecule has 1 heterocycles. The summed E-state index contributed by atoms with van der Waals surface area (Å²) in [6, 6.07) is 0. The number of likely N-dealkylation sites (N-methyl/N-ethyl adjacent to an activating group) is 1. The zero-order valence-corrected chi connectivity index (χ0v) is 9.41. The van der Waals surface area contributed by atoms with Crippen molar-refractivity contribution in [1.29, 1.82) is 0 Å². The topological polar surface area (TPSA) is 105 Å². The highest BCUT2D eigenvalue weighted by Crippen LogP contribution is 2.29. The standard InChI is InChI=1S/C8H14N4O2S/c1-4(13)3-12(2)8-5(7(10)14)6(9)11-15-8/h4,13H,3H2,1-2H3,(H2,9,11)(H2,10,14). The van der Waals surface area contributed by atoms with Crippen molar-refractivity contribution < 1.29 is 9.90 Å². The first-order chi connectivity index (χ1) is 6.93. The van der Waals surface area contributed by atoms with E-state index in [4.69, 9.17) is 11.5 Å². The van der Waals surface area contributed by atoms with Crippen molar-refractivity contribution >= 4 is 28.3 Å². The van der Waals surface area contributed by atoms with Gasteiger partial charge in [0.25, 0.3) is 5.91 Å². The average Bonchev–Trinajstić information content (AvgIpc) is 2.45. The molecule has 0 radical (unpaired) electrons. The molecule has 1 aromatic rings. The van der Waals surface area contributed by atoms with Crippen LogP contribution in [0, 0.1) is 0 Å². The van der Waals surface area contributed by atoms with Gasteiger partial charge in [-0.15, -0.1) is 0 Å². The molecular weight excluding hydrogens is 216 g/mol. The van der Waals surface area contributed by atoms with Crippen LogP contribution < -0.4 is 16.4 Å². The third-order valence-electron chi connectivity index (χ3n) is 1.83. The summed E-state index contributed by atoms with van der Waals surface area (Å²) >= 11 is 1.09. The second-order valence-corrected chi connectivity index (χ2v) is 4.09. The van der Waals surface area contributed by atoms with Gasteiger partial charge in [-0.1, -0.05) is 0 Å². The van der Waals surface area contributed by atoms with Crippen LogP contribution in [0.15, 0.2) is 0 Å². The van der Waals surface area contributed by atoms with E-state index in [1.807, 2.05) is 0 Å². The lowest BCUT2D eigenvalue weighted by Gasteiger charge is -2.19. The van der Waals surface area contributed by atoms with E-state index in [1.54, 1.807) is 18.9 Å². The smallest absolute Gasteiger partial charge is 0.255 e. The van der Waals surface area contributed by atoms with Crippen LogP contribution in [0.5, 0.6) is 0 Å². The van der Waals surface area contributed by atoms with Gasteiger partial charge in [0.1, 0.15) is 10.6 Å². The van der Waals surface area contributed by atoms with Gasteiger partial charge < -0.3 is 21.5 Å². The molecule has 0 fully saturated rings. The Morgan fingerprint density at radius 3 is 2.80 bits per heavy atom. The summed E-state index contributed by atoms with van der Waals surface area (Å²) in [6.07, 6.45) is -0.501. The van der Waals surface area contributed by atoms with Crippen LogP contribution in [-0.2, 0) is 0 Å². The van der Waals surface area contributed by atoms with Gasteiger partial charge in [0.05, 0.1) is 6.10 Å². The van der Waals surface area contributed by atoms with E-state index in [1.165, 1.54) is 0 Å². The number of hydrogen-bond acceptors (Lipinski definition) is 6. The summed E-state index contributed by atoms with van der Waals surface area (Å²) in [4.78, 5) is 12.8. The van der Waals surface area contributed by atoms with Gasteiger partial charge in [0, 0.05) is 13.6 Å². The third-order valence-corrected chi connectivity index (χ3v) is 2.81. The molecule has 5 N–H and O–H groups in total. The first-order valence-electron chi connectivity index (χ1n) is 4.37. The number of carbonyl (C=O) groups is 1. The monoisotopic (exact) mass is 230 g/mol. The summed E-state index contributed by atoms with van der Waals surface area (Å²) in [7, 11) is 1.74. The highest BCUT2D eigenvalue weighted by molar-refractivity contribution is 7.11.